The number of anilines is 1. The Labute approximate surface area is 157 Å². The summed E-state index contributed by atoms with van der Waals surface area (Å²) < 4.78 is 6.30. The molecule has 0 atom stereocenters. The summed E-state index contributed by atoms with van der Waals surface area (Å²) in [6.07, 6.45) is 0. The van der Waals surface area contributed by atoms with Crippen molar-refractivity contribution >= 4 is 40.0 Å². The van der Waals surface area contributed by atoms with Crippen molar-refractivity contribution in [2.75, 3.05) is 18.4 Å². The van der Waals surface area contributed by atoms with Crippen LogP contribution in [0.25, 0.3) is 11.1 Å². The van der Waals surface area contributed by atoms with E-state index < -0.39 is 10.7 Å². The molecule has 2 N–H and O–H groups in total. The highest BCUT2D eigenvalue weighted by Gasteiger charge is 2.12. The van der Waals surface area contributed by atoms with Gasteiger partial charge in [0.2, 0.25) is 5.91 Å². The average Bonchev–Trinajstić information content (AvgIpc) is 2.93. The second kappa shape index (κ2) is 7.92. The Kier molecular flexibility index (Phi) is 5.41. The summed E-state index contributed by atoms with van der Waals surface area (Å²) in [5, 5.41) is 16.8. The Morgan fingerprint density at radius 3 is 2.63 bits per heavy atom. The van der Waals surface area contributed by atoms with Crippen LogP contribution in [0.15, 0.2) is 51.7 Å². The van der Waals surface area contributed by atoms with Crippen molar-refractivity contribution in [1.29, 1.82) is 0 Å². The molecule has 0 radical (unpaired) electrons. The van der Waals surface area contributed by atoms with Crippen LogP contribution >= 0.6 is 11.6 Å². The fourth-order valence-corrected chi connectivity index (χ4v) is 2.66. The van der Waals surface area contributed by atoms with E-state index in [9.17, 15) is 19.7 Å². The van der Waals surface area contributed by atoms with Crippen LogP contribution in [0.5, 0.6) is 0 Å². The number of non-ortho nitro benzene ring substituents is 1. The van der Waals surface area contributed by atoms with Crippen molar-refractivity contribution in [2.24, 2.45) is 0 Å². The SMILES string of the molecule is O=C(Cn1c(=O)oc2cc(Cl)ccc21)NCCNc1ccc([N+](=O)[O-])cc1. The molecule has 1 amide bonds. The number of nitro benzene ring substituents is 1. The first-order chi connectivity index (χ1) is 12.9. The summed E-state index contributed by atoms with van der Waals surface area (Å²) >= 11 is 5.85. The van der Waals surface area contributed by atoms with E-state index in [0.717, 1.165) is 0 Å². The molecule has 9 nitrogen and oxygen atoms in total. The molecule has 140 valence electrons. The zero-order valence-electron chi connectivity index (χ0n) is 14.0. The summed E-state index contributed by atoms with van der Waals surface area (Å²) in [7, 11) is 0. The second-order valence-electron chi connectivity index (χ2n) is 5.65. The first-order valence-corrected chi connectivity index (χ1v) is 8.36. The normalized spacial score (nSPS) is 10.7. The minimum absolute atomic E-state index is 0.00733. The molecule has 0 saturated heterocycles. The van der Waals surface area contributed by atoms with Crippen LogP contribution in [0.1, 0.15) is 0 Å². The van der Waals surface area contributed by atoms with Crippen molar-refractivity contribution in [1.82, 2.24) is 9.88 Å². The summed E-state index contributed by atoms with van der Waals surface area (Å²) in [6, 6.07) is 10.7. The van der Waals surface area contributed by atoms with Crippen LogP contribution in [0, 0.1) is 10.1 Å². The molecule has 1 aromatic heterocycles. The lowest BCUT2D eigenvalue weighted by Crippen LogP contribution is -2.33. The molecule has 0 fully saturated rings. The van der Waals surface area contributed by atoms with E-state index in [0.29, 0.717) is 34.9 Å². The first-order valence-electron chi connectivity index (χ1n) is 7.98. The van der Waals surface area contributed by atoms with E-state index in [4.69, 9.17) is 16.0 Å². The van der Waals surface area contributed by atoms with Gasteiger partial charge < -0.3 is 15.1 Å². The summed E-state index contributed by atoms with van der Waals surface area (Å²) in [6.45, 7) is 0.553. The number of halogens is 1. The third-order valence-electron chi connectivity index (χ3n) is 3.79. The lowest BCUT2D eigenvalue weighted by molar-refractivity contribution is -0.384. The largest absolute Gasteiger partial charge is 0.420 e. The molecule has 3 aromatic rings. The number of nitrogens with zero attached hydrogens (tertiary/aromatic N) is 2. The van der Waals surface area contributed by atoms with Gasteiger partial charge in [-0.3, -0.25) is 19.5 Å². The molecular weight excluding hydrogens is 376 g/mol. The molecule has 0 unspecified atom stereocenters. The Morgan fingerprint density at radius 2 is 1.93 bits per heavy atom. The quantitative estimate of drug-likeness (QED) is 0.363. The molecule has 2 aromatic carbocycles. The highest BCUT2D eigenvalue weighted by molar-refractivity contribution is 6.31. The van der Waals surface area contributed by atoms with Gasteiger partial charge in [-0.1, -0.05) is 11.6 Å². The van der Waals surface area contributed by atoms with Gasteiger partial charge in [0.05, 0.1) is 10.4 Å². The minimum atomic E-state index is -0.633. The number of benzene rings is 2. The van der Waals surface area contributed by atoms with Crippen molar-refractivity contribution in [3.05, 3.63) is 68.2 Å². The first kappa shape index (κ1) is 18.5. The van der Waals surface area contributed by atoms with Crippen molar-refractivity contribution in [2.45, 2.75) is 6.54 Å². The van der Waals surface area contributed by atoms with Crippen LogP contribution < -0.4 is 16.4 Å². The smallest absolute Gasteiger partial charge is 0.408 e. The van der Waals surface area contributed by atoms with Gasteiger partial charge in [0.25, 0.3) is 5.69 Å². The number of oxazole rings is 1. The Hall–Kier alpha value is -3.33. The monoisotopic (exact) mass is 390 g/mol. The van der Waals surface area contributed by atoms with Gasteiger partial charge in [-0.25, -0.2) is 4.79 Å². The van der Waals surface area contributed by atoms with E-state index in [1.807, 2.05) is 0 Å². The van der Waals surface area contributed by atoms with E-state index in [1.54, 1.807) is 24.3 Å². The average molecular weight is 391 g/mol. The number of carbonyl (C=O) groups excluding carboxylic acids is 1. The van der Waals surface area contributed by atoms with Crippen LogP contribution in [0.4, 0.5) is 11.4 Å². The number of amides is 1. The number of rotatable bonds is 7. The van der Waals surface area contributed by atoms with Crippen LogP contribution in [0.3, 0.4) is 0 Å². The van der Waals surface area contributed by atoms with Gasteiger partial charge in [0.1, 0.15) is 6.54 Å². The van der Waals surface area contributed by atoms with Gasteiger partial charge in [0.15, 0.2) is 5.58 Å². The highest BCUT2D eigenvalue weighted by Crippen LogP contribution is 2.18. The number of nitrogens with one attached hydrogen (secondary N) is 2. The number of hydrogen-bond donors (Lipinski definition) is 2. The van der Waals surface area contributed by atoms with Crippen molar-refractivity contribution < 1.29 is 14.1 Å². The maximum absolute atomic E-state index is 12.1. The van der Waals surface area contributed by atoms with Crippen LogP contribution in [0.2, 0.25) is 5.02 Å². The van der Waals surface area contributed by atoms with E-state index in [2.05, 4.69) is 10.6 Å². The molecular formula is C17H15ClN4O5. The molecule has 0 saturated carbocycles. The Balaban J connectivity index is 1.51. The molecule has 0 aliphatic rings. The number of aromatic nitrogens is 1. The van der Waals surface area contributed by atoms with Gasteiger partial charge in [0, 0.05) is 42.0 Å². The number of nitro groups is 1. The zero-order chi connectivity index (χ0) is 19.4. The highest BCUT2D eigenvalue weighted by atomic mass is 35.5. The maximum Gasteiger partial charge on any atom is 0.420 e. The van der Waals surface area contributed by atoms with E-state index in [-0.39, 0.29) is 18.1 Å². The summed E-state index contributed by atoms with van der Waals surface area (Å²) in [5.74, 6) is -0.980. The molecule has 0 aliphatic carbocycles. The predicted molar refractivity (Wildman–Crippen MR) is 100 cm³/mol. The predicted octanol–water partition coefficient (Wildman–Crippen LogP) is 2.38. The number of fused-ring (bicyclic) bond motifs is 1. The van der Waals surface area contributed by atoms with E-state index in [1.165, 1.54) is 22.8 Å². The van der Waals surface area contributed by atoms with Gasteiger partial charge >= 0.3 is 5.76 Å². The summed E-state index contributed by atoms with van der Waals surface area (Å²) in [4.78, 5) is 34.1. The fourth-order valence-electron chi connectivity index (χ4n) is 2.50. The molecule has 10 heteroatoms. The number of carbonyl (C=O) groups is 1. The standard InChI is InChI=1S/C17H15ClN4O5/c18-11-1-6-14-15(9-11)27-17(24)21(14)10-16(23)20-8-7-19-12-2-4-13(5-3-12)22(25)26/h1-6,9,19H,7-8,10H2,(H,20,23). The second-order valence-corrected chi connectivity index (χ2v) is 6.08. The van der Waals surface area contributed by atoms with Gasteiger partial charge in [-0.2, -0.15) is 0 Å². The molecule has 0 bridgehead atoms. The molecule has 3 rings (SSSR count). The maximum atomic E-state index is 12.1. The van der Waals surface area contributed by atoms with Crippen LogP contribution in [-0.2, 0) is 11.3 Å². The zero-order valence-corrected chi connectivity index (χ0v) is 14.7. The minimum Gasteiger partial charge on any atom is -0.408 e. The molecule has 0 spiro atoms. The lowest BCUT2D eigenvalue weighted by Gasteiger charge is -2.08. The topological polar surface area (TPSA) is 119 Å². The molecule has 27 heavy (non-hydrogen) atoms. The third-order valence-corrected chi connectivity index (χ3v) is 4.02. The molecule has 0 aliphatic heterocycles. The van der Waals surface area contributed by atoms with Crippen molar-refractivity contribution in [3.8, 4) is 0 Å². The fraction of sp³-hybridized carbons (Fsp3) is 0.176. The van der Waals surface area contributed by atoms with Crippen LogP contribution in [-0.4, -0.2) is 28.5 Å². The van der Waals surface area contributed by atoms with E-state index >= 15 is 0 Å². The Bertz CT molecular complexity index is 1040. The lowest BCUT2D eigenvalue weighted by atomic mass is 10.3. The van der Waals surface area contributed by atoms with Gasteiger partial charge in [-0.05, 0) is 24.3 Å². The number of hydrogen-bond acceptors (Lipinski definition) is 6. The van der Waals surface area contributed by atoms with Crippen molar-refractivity contribution in [3.63, 3.8) is 0 Å². The Morgan fingerprint density at radius 1 is 1.19 bits per heavy atom. The molecule has 1 heterocycles. The third kappa shape index (κ3) is 4.45. The summed E-state index contributed by atoms with van der Waals surface area (Å²) in [5.41, 5.74) is 1.51. The van der Waals surface area contributed by atoms with Gasteiger partial charge in [-0.15, -0.1) is 0 Å².